The Kier molecular flexibility index (Phi) is 6.97. The van der Waals surface area contributed by atoms with E-state index in [1.54, 1.807) is 0 Å². The van der Waals surface area contributed by atoms with E-state index in [1.807, 2.05) is 24.3 Å². The van der Waals surface area contributed by atoms with E-state index in [-0.39, 0.29) is 29.1 Å². The van der Waals surface area contributed by atoms with E-state index >= 15 is 0 Å². The number of anilines is 1. The summed E-state index contributed by atoms with van der Waals surface area (Å²) in [5.41, 5.74) is 4.52. The maximum atomic E-state index is 13.6. The molecule has 218 valence electrons. The minimum atomic E-state index is -2.95. The Morgan fingerprint density at radius 1 is 0.952 bits per heavy atom. The number of carbonyl (C=O) groups is 1. The molecule has 4 aliphatic rings. The maximum absolute atomic E-state index is 13.6. The number of benzene rings is 2. The summed E-state index contributed by atoms with van der Waals surface area (Å²) < 4.78 is 30.5. The van der Waals surface area contributed by atoms with E-state index in [2.05, 4.69) is 35.2 Å². The summed E-state index contributed by atoms with van der Waals surface area (Å²) in [6, 6.07) is 19.1. The van der Waals surface area contributed by atoms with Gasteiger partial charge in [0.05, 0.1) is 23.0 Å². The summed E-state index contributed by atoms with van der Waals surface area (Å²) >= 11 is 0. The molecule has 3 saturated carbocycles. The Balaban J connectivity index is 1.22. The molecule has 0 unspecified atom stereocenters. The quantitative estimate of drug-likeness (QED) is 0.292. The monoisotopic (exact) mass is 583 g/mol. The molecule has 2 aromatic carbocycles. The van der Waals surface area contributed by atoms with Crippen molar-refractivity contribution in [2.24, 2.45) is 11.3 Å². The van der Waals surface area contributed by atoms with Gasteiger partial charge in [0.1, 0.15) is 17.2 Å². The van der Waals surface area contributed by atoms with Gasteiger partial charge in [-0.3, -0.25) is 4.79 Å². The van der Waals surface area contributed by atoms with Crippen molar-refractivity contribution in [3.05, 3.63) is 59.9 Å². The number of oxazole rings is 1. The highest BCUT2D eigenvalue weighted by Crippen LogP contribution is 2.51. The molecule has 0 radical (unpaired) electrons. The van der Waals surface area contributed by atoms with Crippen LogP contribution in [0.5, 0.6) is 0 Å². The van der Waals surface area contributed by atoms with Gasteiger partial charge in [0.2, 0.25) is 5.89 Å². The van der Waals surface area contributed by atoms with Gasteiger partial charge in [0.15, 0.2) is 9.84 Å². The third-order valence-electron chi connectivity index (χ3n) is 9.83. The minimum Gasteiger partial charge on any atom is -0.440 e. The number of rotatable bonds is 8. The molecule has 0 bridgehead atoms. The van der Waals surface area contributed by atoms with Crippen molar-refractivity contribution in [1.82, 2.24) is 4.98 Å². The predicted octanol–water partition coefficient (Wildman–Crippen LogP) is 6.66. The van der Waals surface area contributed by atoms with E-state index in [0.717, 1.165) is 66.8 Å². The molecule has 0 amide bonds. The molecule has 8 heteroatoms. The van der Waals surface area contributed by atoms with Gasteiger partial charge in [0, 0.05) is 48.2 Å². The Morgan fingerprint density at radius 3 is 2.26 bits per heavy atom. The largest absolute Gasteiger partial charge is 0.440 e. The number of Topliss-reactive ketones (excluding diaryl/α,β-unsaturated/α-hetero) is 1. The highest BCUT2D eigenvalue weighted by molar-refractivity contribution is 7.91. The first-order chi connectivity index (χ1) is 20.3. The van der Waals surface area contributed by atoms with Crippen LogP contribution in [0, 0.1) is 22.7 Å². The molecule has 1 saturated heterocycles. The van der Waals surface area contributed by atoms with E-state index < -0.39 is 15.3 Å². The molecule has 42 heavy (non-hydrogen) atoms. The third kappa shape index (κ3) is 5.51. The van der Waals surface area contributed by atoms with Crippen molar-refractivity contribution in [2.45, 2.75) is 69.6 Å². The summed E-state index contributed by atoms with van der Waals surface area (Å²) in [7, 11) is -2.95. The Hall–Kier alpha value is -3.44. The molecule has 2 heterocycles. The number of nitrogens with zero attached hydrogens (tertiary/aromatic N) is 3. The van der Waals surface area contributed by atoms with Crippen molar-refractivity contribution >= 4 is 21.3 Å². The molecule has 1 aromatic heterocycles. The van der Waals surface area contributed by atoms with Gasteiger partial charge in [-0.05, 0) is 74.3 Å². The molecule has 7 rings (SSSR count). The van der Waals surface area contributed by atoms with Gasteiger partial charge in [-0.15, -0.1) is 0 Å². The van der Waals surface area contributed by atoms with E-state index in [1.165, 1.54) is 18.4 Å². The summed E-state index contributed by atoms with van der Waals surface area (Å²) in [5.74, 6) is 2.31. The second-order valence-electron chi connectivity index (χ2n) is 12.8. The highest BCUT2D eigenvalue weighted by atomic mass is 32.2. The Morgan fingerprint density at radius 2 is 1.62 bits per heavy atom. The van der Waals surface area contributed by atoms with Crippen LogP contribution in [0.2, 0.25) is 0 Å². The van der Waals surface area contributed by atoms with Crippen LogP contribution in [0.15, 0.2) is 52.9 Å². The van der Waals surface area contributed by atoms with Crippen LogP contribution < -0.4 is 4.90 Å². The number of hydrogen-bond donors (Lipinski definition) is 0. The maximum Gasteiger partial charge on any atom is 0.226 e. The van der Waals surface area contributed by atoms with Crippen molar-refractivity contribution in [3.8, 4) is 28.8 Å². The summed E-state index contributed by atoms with van der Waals surface area (Å²) in [6.07, 6.45) is 8.18. The fourth-order valence-corrected chi connectivity index (χ4v) is 8.00. The molecule has 0 N–H and O–H groups in total. The first-order valence-electron chi connectivity index (χ1n) is 15.4. The SMILES string of the molecule is N#CC1(CC(=O)[C@@H]2CCCC[C@H]2c2oc(-c3ccc(C4CC4)cc3)nc2-c2ccc(N3CCS(=O)(=O)CC3)cc2)CC1. The first kappa shape index (κ1) is 27.4. The van der Waals surface area contributed by atoms with Gasteiger partial charge in [0.25, 0.3) is 0 Å². The summed E-state index contributed by atoms with van der Waals surface area (Å²) in [4.78, 5) is 20.8. The zero-order valence-corrected chi connectivity index (χ0v) is 24.7. The molecular formula is C34H37N3O4S. The fraction of sp³-hybridized carbons (Fsp3) is 0.500. The molecule has 2 atom stereocenters. The van der Waals surface area contributed by atoms with Crippen LogP contribution in [-0.4, -0.2) is 43.8 Å². The Bertz CT molecular complexity index is 1610. The Labute approximate surface area is 247 Å². The van der Waals surface area contributed by atoms with Gasteiger partial charge in [-0.1, -0.05) is 37.1 Å². The molecule has 3 aliphatic carbocycles. The topological polar surface area (TPSA) is 104 Å². The molecule has 7 nitrogen and oxygen atoms in total. The number of hydrogen-bond acceptors (Lipinski definition) is 7. The van der Waals surface area contributed by atoms with E-state index in [9.17, 15) is 18.5 Å². The predicted molar refractivity (Wildman–Crippen MR) is 162 cm³/mol. The van der Waals surface area contributed by atoms with E-state index in [4.69, 9.17) is 9.40 Å². The smallest absolute Gasteiger partial charge is 0.226 e. The zero-order chi connectivity index (χ0) is 28.9. The van der Waals surface area contributed by atoms with Crippen LogP contribution in [0.25, 0.3) is 22.7 Å². The standard InChI is InChI=1S/C34H37N3O4S/c35-22-34(15-16-34)21-30(38)28-3-1-2-4-29(28)32-31(36-33(41-32)26-9-7-24(8-10-26)23-5-6-23)25-11-13-27(14-12-25)37-17-19-42(39,40)20-18-37/h7-14,23,28-29H,1-6,15-21H2/t28-,29-/m1/s1. The number of carbonyl (C=O) groups excluding carboxylic acids is 1. The molecule has 4 fully saturated rings. The van der Waals surface area contributed by atoms with Crippen LogP contribution in [-0.2, 0) is 14.6 Å². The molecular weight excluding hydrogens is 546 g/mol. The first-order valence-corrected chi connectivity index (χ1v) is 17.3. The average molecular weight is 584 g/mol. The lowest BCUT2D eigenvalue weighted by Crippen LogP contribution is -2.40. The lowest BCUT2D eigenvalue weighted by atomic mass is 9.73. The van der Waals surface area contributed by atoms with Crippen molar-refractivity contribution in [2.75, 3.05) is 29.5 Å². The lowest BCUT2D eigenvalue weighted by Gasteiger charge is -2.30. The van der Waals surface area contributed by atoms with Crippen LogP contribution >= 0.6 is 0 Å². The van der Waals surface area contributed by atoms with Crippen LogP contribution in [0.3, 0.4) is 0 Å². The van der Waals surface area contributed by atoms with Crippen molar-refractivity contribution in [1.29, 1.82) is 5.26 Å². The van der Waals surface area contributed by atoms with Crippen molar-refractivity contribution in [3.63, 3.8) is 0 Å². The molecule has 1 aliphatic heterocycles. The number of sulfone groups is 1. The summed E-state index contributed by atoms with van der Waals surface area (Å²) in [5, 5.41) is 9.64. The van der Waals surface area contributed by atoms with Gasteiger partial charge in [-0.2, -0.15) is 5.26 Å². The van der Waals surface area contributed by atoms with Crippen molar-refractivity contribution < 1.29 is 17.6 Å². The minimum absolute atomic E-state index is 0.0743. The van der Waals surface area contributed by atoms with Crippen LogP contribution in [0.4, 0.5) is 5.69 Å². The number of nitriles is 1. The van der Waals surface area contributed by atoms with Crippen LogP contribution in [0.1, 0.15) is 80.9 Å². The van der Waals surface area contributed by atoms with Gasteiger partial charge >= 0.3 is 0 Å². The van der Waals surface area contributed by atoms with Gasteiger partial charge in [-0.25, -0.2) is 13.4 Å². The van der Waals surface area contributed by atoms with E-state index in [0.29, 0.717) is 31.3 Å². The normalized spacial score (nSPS) is 24.6. The number of ketones is 1. The third-order valence-corrected chi connectivity index (χ3v) is 11.4. The second-order valence-corrected chi connectivity index (χ2v) is 15.2. The lowest BCUT2D eigenvalue weighted by molar-refractivity contribution is -0.125. The second kappa shape index (κ2) is 10.7. The fourth-order valence-electron chi connectivity index (χ4n) is 6.80. The molecule has 3 aromatic rings. The number of aromatic nitrogens is 1. The highest BCUT2D eigenvalue weighted by Gasteiger charge is 2.47. The zero-order valence-electron chi connectivity index (χ0n) is 23.9. The van der Waals surface area contributed by atoms with Gasteiger partial charge < -0.3 is 9.32 Å². The molecule has 0 spiro atoms. The summed E-state index contributed by atoms with van der Waals surface area (Å²) in [6.45, 7) is 0.988. The average Bonchev–Trinajstić information content (AvgIpc) is 3.95.